The molecule has 1 aromatic heterocycles. The van der Waals surface area contributed by atoms with Crippen LogP contribution >= 0.6 is 0 Å². The minimum absolute atomic E-state index is 0.0341. The average Bonchev–Trinajstić information content (AvgIpc) is 2.84. The number of benzene rings is 1. The largest absolute Gasteiger partial charge is 0.360 e. The Labute approximate surface area is 127 Å². The van der Waals surface area contributed by atoms with Gasteiger partial charge in [-0.15, -0.1) is 0 Å². The molecule has 22 heavy (non-hydrogen) atoms. The van der Waals surface area contributed by atoms with Gasteiger partial charge in [-0.1, -0.05) is 5.16 Å². The van der Waals surface area contributed by atoms with Gasteiger partial charge in [0, 0.05) is 12.5 Å². The molecule has 0 unspecified atom stereocenters. The van der Waals surface area contributed by atoms with Gasteiger partial charge in [0.05, 0.1) is 10.6 Å². The Bertz CT molecular complexity index is 753. The molecule has 0 fully saturated rings. The highest BCUT2D eigenvalue weighted by atomic mass is 32.2. The topological polar surface area (TPSA) is 89.3 Å². The molecule has 2 rings (SSSR count). The zero-order valence-electron chi connectivity index (χ0n) is 11.9. The third-order valence-corrected chi connectivity index (χ3v) is 4.70. The first-order chi connectivity index (χ1) is 10.4. The summed E-state index contributed by atoms with van der Waals surface area (Å²) in [6.07, 6.45) is 0.189. The second-order valence-corrected chi connectivity index (χ2v) is 6.86. The second-order valence-electron chi connectivity index (χ2n) is 4.75. The second kappa shape index (κ2) is 6.69. The number of sulfone groups is 1. The summed E-state index contributed by atoms with van der Waals surface area (Å²) in [5, 5.41) is 6.12. The van der Waals surface area contributed by atoms with E-state index in [1.54, 1.807) is 13.0 Å². The van der Waals surface area contributed by atoms with Gasteiger partial charge in [-0.05, 0) is 37.6 Å². The molecule has 0 aliphatic heterocycles. The van der Waals surface area contributed by atoms with Crippen LogP contribution in [0, 0.1) is 12.7 Å². The van der Waals surface area contributed by atoms with Crippen molar-refractivity contribution >= 4 is 21.6 Å². The van der Waals surface area contributed by atoms with E-state index in [4.69, 9.17) is 4.52 Å². The van der Waals surface area contributed by atoms with E-state index in [-0.39, 0.29) is 29.4 Å². The molecule has 0 radical (unpaired) electrons. The molecule has 1 heterocycles. The number of carbonyl (C=O) groups excluding carboxylic acids is 1. The van der Waals surface area contributed by atoms with E-state index >= 15 is 0 Å². The maximum absolute atomic E-state index is 12.8. The molecule has 0 bridgehead atoms. The molecule has 0 aliphatic carbocycles. The highest BCUT2D eigenvalue weighted by Crippen LogP contribution is 2.14. The predicted molar refractivity (Wildman–Crippen MR) is 77.6 cm³/mol. The van der Waals surface area contributed by atoms with Crippen LogP contribution in [0.2, 0.25) is 0 Å². The predicted octanol–water partition coefficient (Wildman–Crippen LogP) is 2.31. The number of carbonyl (C=O) groups is 1. The molecular weight excluding hydrogens is 311 g/mol. The highest BCUT2D eigenvalue weighted by Gasteiger charge is 2.15. The number of rotatable bonds is 6. The first-order valence-electron chi connectivity index (χ1n) is 6.58. The minimum Gasteiger partial charge on any atom is -0.360 e. The number of hydrogen-bond donors (Lipinski definition) is 1. The fourth-order valence-corrected chi connectivity index (χ4v) is 3.12. The normalized spacial score (nSPS) is 11.4. The molecule has 8 heteroatoms. The van der Waals surface area contributed by atoms with Crippen LogP contribution in [0.4, 0.5) is 10.2 Å². The summed E-state index contributed by atoms with van der Waals surface area (Å²) < 4.78 is 41.6. The Morgan fingerprint density at radius 2 is 2.00 bits per heavy atom. The fraction of sp³-hybridized carbons (Fsp3) is 0.286. The zero-order chi connectivity index (χ0) is 16.2. The smallest absolute Gasteiger partial charge is 0.225 e. The van der Waals surface area contributed by atoms with Gasteiger partial charge in [-0.2, -0.15) is 0 Å². The lowest BCUT2D eigenvalue weighted by Gasteiger charge is -2.04. The summed E-state index contributed by atoms with van der Waals surface area (Å²) in [6.45, 7) is 1.69. The van der Waals surface area contributed by atoms with Gasteiger partial charge < -0.3 is 9.84 Å². The van der Waals surface area contributed by atoms with E-state index in [1.165, 1.54) is 12.1 Å². The van der Waals surface area contributed by atoms with E-state index in [0.717, 1.165) is 12.1 Å². The van der Waals surface area contributed by atoms with Gasteiger partial charge in [-0.3, -0.25) is 4.79 Å². The van der Waals surface area contributed by atoms with Crippen molar-refractivity contribution in [3.63, 3.8) is 0 Å². The van der Waals surface area contributed by atoms with E-state index in [1.807, 2.05) is 0 Å². The van der Waals surface area contributed by atoms with Crippen molar-refractivity contribution < 1.29 is 22.1 Å². The number of nitrogens with zero attached hydrogens (tertiary/aromatic N) is 1. The van der Waals surface area contributed by atoms with Crippen LogP contribution in [-0.4, -0.2) is 25.2 Å². The van der Waals surface area contributed by atoms with Gasteiger partial charge >= 0.3 is 0 Å². The van der Waals surface area contributed by atoms with Crippen LogP contribution in [0.25, 0.3) is 0 Å². The number of aryl methyl sites for hydroxylation is 1. The van der Waals surface area contributed by atoms with Crippen LogP contribution < -0.4 is 5.32 Å². The number of anilines is 1. The SMILES string of the molecule is Cc1cc(NC(=O)CCCS(=O)(=O)c2ccc(F)cc2)no1. The van der Waals surface area contributed by atoms with Crippen molar-refractivity contribution in [3.05, 3.63) is 41.9 Å². The molecule has 6 nitrogen and oxygen atoms in total. The molecule has 1 aromatic carbocycles. The Morgan fingerprint density at radius 3 is 2.59 bits per heavy atom. The number of nitrogens with one attached hydrogen (secondary N) is 1. The molecule has 1 N–H and O–H groups in total. The molecule has 0 saturated carbocycles. The van der Waals surface area contributed by atoms with Gasteiger partial charge in [0.1, 0.15) is 11.6 Å². The Kier molecular flexibility index (Phi) is 4.92. The maximum atomic E-state index is 12.8. The van der Waals surface area contributed by atoms with E-state index in [2.05, 4.69) is 10.5 Å². The molecule has 2 aromatic rings. The molecule has 1 amide bonds. The van der Waals surface area contributed by atoms with Crippen molar-refractivity contribution in [2.45, 2.75) is 24.7 Å². The third kappa shape index (κ3) is 4.39. The summed E-state index contributed by atoms with van der Waals surface area (Å²) in [4.78, 5) is 11.7. The van der Waals surface area contributed by atoms with Crippen LogP contribution in [0.3, 0.4) is 0 Å². The van der Waals surface area contributed by atoms with E-state index < -0.39 is 15.7 Å². The van der Waals surface area contributed by atoms with Crippen LogP contribution in [0.15, 0.2) is 39.8 Å². The molecular formula is C14H15FN2O4S. The van der Waals surface area contributed by atoms with Crippen molar-refractivity contribution in [2.24, 2.45) is 0 Å². The fourth-order valence-electron chi connectivity index (χ4n) is 1.81. The third-order valence-electron chi connectivity index (χ3n) is 2.89. The van der Waals surface area contributed by atoms with Crippen molar-refractivity contribution in [3.8, 4) is 0 Å². The lowest BCUT2D eigenvalue weighted by Crippen LogP contribution is -2.14. The standard InChI is InChI=1S/C14H15FN2O4S/c1-10-9-13(17-21-10)16-14(18)3-2-8-22(19,20)12-6-4-11(15)5-7-12/h4-7,9H,2-3,8H2,1H3,(H,16,17,18). The van der Waals surface area contributed by atoms with Crippen molar-refractivity contribution in [1.82, 2.24) is 5.16 Å². The Morgan fingerprint density at radius 1 is 1.32 bits per heavy atom. The van der Waals surface area contributed by atoms with Gasteiger partial charge in [-0.25, -0.2) is 12.8 Å². The summed E-state index contributed by atoms with van der Waals surface area (Å²) in [5.74, 6) is -0.175. The van der Waals surface area contributed by atoms with E-state index in [0.29, 0.717) is 11.6 Å². The first kappa shape index (κ1) is 16.2. The van der Waals surface area contributed by atoms with Crippen molar-refractivity contribution in [1.29, 1.82) is 0 Å². The summed E-state index contributed by atoms with van der Waals surface area (Å²) >= 11 is 0. The number of hydrogen-bond acceptors (Lipinski definition) is 5. The summed E-state index contributed by atoms with van der Waals surface area (Å²) in [5.41, 5.74) is 0. The lowest BCUT2D eigenvalue weighted by atomic mass is 10.3. The monoisotopic (exact) mass is 326 g/mol. The van der Waals surface area contributed by atoms with Crippen molar-refractivity contribution in [2.75, 3.05) is 11.1 Å². The van der Waals surface area contributed by atoms with Gasteiger partial charge in [0.25, 0.3) is 0 Å². The number of aromatic nitrogens is 1. The summed E-state index contributed by atoms with van der Waals surface area (Å²) in [6, 6.07) is 6.16. The quantitative estimate of drug-likeness (QED) is 0.823. The molecule has 0 aliphatic rings. The maximum Gasteiger partial charge on any atom is 0.225 e. The number of amides is 1. The number of halogens is 1. The van der Waals surface area contributed by atoms with Gasteiger partial charge in [0.2, 0.25) is 5.91 Å². The lowest BCUT2D eigenvalue weighted by molar-refractivity contribution is -0.116. The minimum atomic E-state index is -3.52. The molecule has 0 saturated heterocycles. The van der Waals surface area contributed by atoms with Crippen LogP contribution in [0.1, 0.15) is 18.6 Å². The average molecular weight is 326 g/mol. The summed E-state index contributed by atoms with van der Waals surface area (Å²) in [7, 11) is -3.52. The molecule has 0 atom stereocenters. The van der Waals surface area contributed by atoms with Crippen LogP contribution in [0.5, 0.6) is 0 Å². The van der Waals surface area contributed by atoms with Crippen LogP contribution in [-0.2, 0) is 14.6 Å². The molecule has 0 spiro atoms. The Balaban J connectivity index is 1.84. The van der Waals surface area contributed by atoms with Gasteiger partial charge in [0.15, 0.2) is 15.7 Å². The first-order valence-corrected chi connectivity index (χ1v) is 8.23. The molecule has 118 valence electrons. The Hall–Kier alpha value is -2.22. The zero-order valence-corrected chi connectivity index (χ0v) is 12.7. The van der Waals surface area contributed by atoms with E-state index in [9.17, 15) is 17.6 Å². The highest BCUT2D eigenvalue weighted by molar-refractivity contribution is 7.91.